The van der Waals surface area contributed by atoms with E-state index in [1.165, 1.54) is 0 Å². The number of rotatable bonds is 3. The zero-order valence-electron chi connectivity index (χ0n) is 16.6. The fraction of sp³-hybridized carbons (Fsp3) is 0.450. The highest BCUT2D eigenvalue weighted by molar-refractivity contribution is 7.15. The lowest BCUT2D eigenvalue weighted by molar-refractivity contribution is 0.0712. The smallest absolute Gasteiger partial charge is 0.257 e. The van der Waals surface area contributed by atoms with E-state index in [1.807, 2.05) is 45.0 Å². The maximum Gasteiger partial charge on any atom is 0.257 e. The highest BCUT2D eigenvalue weighted by Crippen LogP contribution is 2.36. The lowest BCUT2D eigenvalue weighted by Crippen LogP contribution is -2.38. The minimum atomic E-state index is 0.0801. The van der Waals surface area contributed by atoms with Gasteiger partial charge in [-0.1, -0.05) is 0 Å². The number of hydrogen-bond acceptors (Lipinski definition) is 6. The zero-order valence-corrected chi connectivity index (χ0v) is 17.5. The fourth-order valence-electron chi connectivity index (χ4n) is 3.72. The molecule has 4 heterocycles. The van der Waals surface area contributed by atoms with Crippen molar-refractivity contribution in [1.29, 1.82) is 0 Å². The number of aryl methyl sites for hydroxylation is 4. The molecule has 28 heavy (non-hydrogen) atoms. The average Bonchev–Trinajstić information content (AvgIpc) is 3.23. The van der Waals surface area contributed by atoms with Gasteiger partial charge < -0.3 is 4.90 Å². The average molecular weight is 397 g/mol. The molecule has 7 nitrogen and oxygen atoms in total. The van der Waals surface area contributed by atoms with E-state index in [0.29, 0.717) is 11.5 Å². The monoisotopic (exact) mass is 396 g/mol. The number of amides is 1. The molecule has 0 radical (unpaired) electrons. The summed E-state index contributed by atoms with van der Waals surface area (Å²) >= 11 is 1.72. The van der Waals surface area contributed by atoms with Gasteiger partial charge in [0.1, 0.15) is 5.82 Å². The van der Waals surface area contributed by atoms with Crippen LogP contribution in [0.4, 0.5) is 0 Å². The van der Waals surface area contributed by atoms with Gasteiger partial charge in [0.25, 0.3) is 5.91 Å². The first-order valence-corrected chi connectivity index (χ1v) is 10.3. The molecular weight excluding hydrogens is 372 g/mol. The third-order valence-corrected chi connectivity index (χ3v) is 6.54. The second-order valence-electron chi connectivity index (χ2n) is 7.32. The molecule has 0 bridgehead atoms. The number of carbonyl (C=O) groups excluding carboxylic acids is 1. The van der Waals surface area contributed by atoms with Gasteiger partial charge in [0, 0.05) is 38.4 Å². The Balaban J connectivity index is 1.46. The van der Waals surface area contributed by atoms with Crippen LogP contribution < -0.4 is 0 Å². The lowest BCUT2D eigenvalue weighted by atomic mass is 9.97. The first-order valence-electron chi connectivity index (χ1n) is 9.49. The molecule has 8 heteroatoms. The molecule has 1 saturated heterocycles. The highest BCUT2D eigenvalue weighted by Gasteiger charge is 2.28. The van der Waals surface area contributed by atoms with Crippen LogP contribution in [-0.4, -0.2) is 48.6 Å². The summed E-state index contributed by atoms with van der Waals surface area (Å²) in [6, 6.07) is 1.94. The minimum Gasteiger partial charge on any atom is -0.338 e. The van der Waals surface area contributed by atoms with Gasteiger partial charge in [0.15, 0.2) is 0 Å². The Kier molecular flexibility index (Phi) is 4.97. The Bertz CT molecular complexity index is 1020. The van der Waals surface area contributed by atoms with Gasteiger partial charge in [-0.15, -0.1) is 11.3 Å². The number of piperidine rings is 1. The maximum absolute atomic E-state index is 12.8. The quantitative estimate of drug-likeness (QED) is 0.679. The molecule has 1 fully saturated rings. The molecule has 0 saturated carbocycles. The van der Waals surface area contributed by atoms with E-state index in [9.17, 15) is 4.79 Å². The molecule has 146 valence electrons. The predicted octanol–water partition coefficient (Wildman–Crippen LogP) is 3.28. The van der Waals surface area contributed by atoms with Gasteiger partial charge in [0.05, 0.1) is 32.5 Å². The third-order valence-electron chi connectivity index (χ3n) is 5.20. The van der Waals surface area contributed by atoms with Crippen molar-refractivity contribution in [3.05, 3.63) is 46.2 Å². The summed E-state index contributed by atoms with van der Waals surface area (Å²) in [5.74, 6) is 1.24. The number of aromatic nitrogens is 5. The molecule has 1 aliphatic heterocycles. The van der Waals surface area contributed by atoms with Crippen molar-refractivity contribution in [3.8, 4) is 10.6 Å². The van der Waals surface area contributed by atoms with Gasteiger partial charge in [-0.25, -0.2) is 15.0 Å². The molecule has 1 amide bonds. The van der Waals surface area contributed by atoms with E-state index in [4.69, 9.17) is 4.98 Å². The minimum absolute atomic E-state index is 0.0801. The van der Waals surface area contributed by atoms with Gasteiger partial charge in [-0.2, -0.15) is 5.10 Å². The molecule has 0 spiro atoms. The summed E-state index contributed by atoms with van der Waals surface area (Å²) in [4.78, 5) is 29.4. The predicted molar refractivity (Wildman–Crippen MR) is 108 cm³/mol. The summed E-state index contributed by atoms with van der Waals surface area (Å²) in [7, 11) is 1.84. The fourth-order valence-corrected chi connectivity index (χ4v) is 4.93. The summed E-state index contributed by atoms with van der Waals surface area (Å²) in [5, 5.41) is 5.43. The molecule has 1 aliphatic rings. The second kappa shape index (κ2) is 7.43. The third kappa shape index (κ3) is 3.56. The molecule has 0 atom stereocenters. The maximum atomic E-state index is 12.8. The molecule has 0 unspecified atom stereocenters. The van der Waals surface area contributed by atoms with E-state index >= 15 is 0 Å². The molecule has 3 aromatic heterocycles. The van der Waals surface area contributed by atoms with Crippen LogP contribution in [-0.2, 0) is 7.05 Å². The number of carbonyl (C=O) groups is 1. The molecule has 0 N–H and O–H groups in total. The zero-order chi connectivity index (χ0) is 19.8. The van der Waals surface area contributed by atoms with E-state index in [2.05, 4.69) is 15.1 Å². The van der Waals surface area contributed by atoms with Crippen molar-refractivity contribution in [2.45, 2.75) is 39.5 Å². The Labute approximate surface area is 168 Å². The molecule has 3 aromatic rings. The van der Waals surface area contributed by atoms with Crippen LogP contribution in [0.25, 0.3) is 10.6 Å². The topological polar surface area (TPSA) is 76.8 Å². The first kappa shape index (κ1) is 18.7. The van der Waals surface area contributed by atoms with E-state index in [-0.39, 0.29) is 5.91 Å². The molecule has 4 rings (SSSR count). The van der Waals surface area contributed by atoms with Crippen LogP contribution in [0.3, 0.4) is 0 Å². The van der Waals surface area contributed by atoms with Gasteiger partial charge in [-0.05, 0) is 39.7 Å². The van der Waals surface area contributed by atoms with Crippen molar-refractivity contribution in [3.63, 3.8) is 0 Å². The number of thiazole rings is 1. The Morgan fingerprint density at radius 3 is 2.54 bits per heavy atom. The number of hydrogen-bond donors (Lipinski definition) is 0. The van der Waals surface area contributed by atoms with Crippen molar-refractivity contribution in [1.82, 2.24) is 29.6 Å². The van der Waals surface area contributed by atoms with Gasteiger partial charge in [0.2, 0.25) is 0 Å². The number of nitrogens with zero attached hydrogens (tertiary/aromatic N) is 6. The summed E-state index contributed by atoms with van der Waals surface area (Å²) in [5.41, 5.74) is 3.44. The number of likely N-dealkylation sites (tertiary alicyclic amines) is 1. The van der Waals surface area contributed by atoms with E-state index in [0.717, 1.165) is 58.7 Å². The summed E-state index contributed by atoms with van der Waals surface area (Å²) < 4.78 is 1.70. The second-order valence-corrected chi connectivity index (χ2v) is 8.35. The summed E-state index contributed by atoms with van der Waals surface area (Å²) in [6.45, 7) is 7.32. The SMILES string of the molecule is Cc1nccc(-c2sc(C3CCN(C(=O)c4cn(C)nc4C)CC3)nc2C)n1. The van der Waals surface area contributed by atoms with Crippen LogP contribution >= 0.6 is 11.3 Å². The van der Waals surface area contributed by atoms with Gasteiger partial charge >= 0.3 is 0 Å². The Morgan fingerprint density at radius 2 is 1.89 bits per heavy atom. The van der Waals surface area contributed by atoms with Crippen LogP contribution in [0.15, 0.2) is 18.5 Å². The molecule has 0 aromatic carbocycles. The van der Waals surface area contributed by atoms with Gasteiger partial charge in [-0.3, -0.25) is 9.48 Å². The Hall–Kier alpha value is -2.61. The van der Waals surface area contributed by atoms with E-state index in [1.54, 1.807) is 22.2 Å². The standard InChI is InChI=1S/C20H24N6OS/c1-12-16(11-25(4)24-12)20(27)26-9-6-15(7-10-26)19-22-13(2)18(28-19)17-5-8-21-14(3)23-17/h5,8,11,15H,6-7,9-10H2,1-4H3. The first-order chi connectivity index (χ1) is 13.4. The van der Waals surface area contributed by atoms with Crippen molar-refractivity contribution in [2.75, 3.05) is 13.1 Å². The lowest BCUT2D eigenvalue weighted by Gasteiger charge is -2.31. The van der Waals surface area contributed by atoms with Crippen LogP contribution in [0.2, 0.25) is 0 Å². The molecular formula is C20H24N6OS. The van der Waals surface area contributed by atoms with Crippen LogP contribution in [0, 0.1) is 20.8 Å². The van der Waals surface area contributed by atoms with Crippen LogP contribution in [0.5, 0.6) is 0 Å². The van der Waals surface area contributed by atoms with Crippen molar-refractivity contribution in [2.24, 2.45) is 7.05 Å². The van der Waals surface area contributed by atoms with E-state index < -0.39 is 0 Å². The normalized spacial score (nSPS) is 15.2. The highest BCUT2D eigenvalue weighted by atomic mass is 32.1. The molecule has 0 aliphatic carbocycles. The largest absolute Gasteiger partial charge is 0.338 e. The summed E-state index contributed by atoms with van der Waals surface area (Å²) in [6.07, 6.45) is 5.46. The van der Waals surface area contributed by atoms with Crippen LogP contribution in [0.1, 0.15) is 51.3 Å². The van der Waals surface area contributed by atoms with Crippen molar-refractivity contribution >= 4 is 17.2 Å². The Morgan fingerprint density at radius 1 is 1.14 bits per heavy atom. The van der Waals surface area contributed by atoms with Crippen molar-refractivity contribution < 1.29 is 4.79 Å².